The van der Waals surface area contributed by atoms with Crippen molar-refractivity contribution in [1.82, 2.24) is 0 Å². The second-order valence-electron chi connectivity index (χ2n) is 5.59. The summed E-state index contributed by atoms with van der Waals surface area (Å²) in [5, 5.41) is 20.1. The minimum atomic E-state index is -0.898. The minimum absolute atomic E-state index is 0.321. The van der Waals surface area contributed by atoms with E-state index in [1.165, 1.54) is 6.07 Å². The lowest BCUT2D eigenvalue weighted by atomic mass is 9.74. The number of aliphatic hydroxyl groups excluding tert-OH is 1. The van der Waals surface area contributed by atoms with Crippen molar-refractivity contribution in [2.75, 3.05) is 0 Å². The Balaban J connectivity index is 2.31. The summed E-state index contributed by atoms with van der Waals surface area (Å²) < 4.78 is 13.6. The number of aliphatic hydroxyl groups is 1. The van der Waals surface area contributed by atoms with Crippen LogP contribution in [0.4, 0.5) is 4.39 Å². The van der Waals surface area contributed by atoms with Gasteiger partial charge in [-0.15, -0.1) is 0 Å². The van der Waals surface area contributed by atoms with E-state index < -0.39 is 11.5 Å². The van der Waals surface area contributed by atoms with E-state index in [9.17, 15) is 14.8 Å². The fraction of sp³-hybridized carbons (Fsp3) is 0.562. The van der Waals surface area contributed by atoms with Crippen LogP contribution in [0.25, 0.3) is 0 Å². The number of hydrogen-bond acceptors (Lipinski definition) is 2. The second-order valence-corrected chi connectivity index (χ2v) is 5.59. The molecule has 0 saturated heterocycles. The van der Waals surface area contributed by atoms with Crippen LogP contribution in [0.5, 0.6) is 0 Å². The Morgan fingerprint density at radius 3 is 2.42 bits per heavy atom. The molecule has 1 unspecified atom stereocenters. The fourth-order valence-electron chi connectivity index (χ4n) is 2.90. The van der Waals surface area contributed by atoms with Gasteiger partial charge in [-0.25, -0.2) is 4.39 Å². The van der Waals surface area contributed by atoms with Gasteiger partial charge in [0.05, 0.1) is 17.6 Å². The Hall–Kier alpha value is -1.40. The van der Waals surface area contributed by atoms with Crippen LogP contribution in [-0.2, 0) is 0 Å². The van der Waals surface area contributed by atoms with Crippen LogP contribution in [0.1, 0.15) is 55.8 Å². The maximum Gasteiger partial charge on any atom is 0.126 e. The number of rotatable bonds is 2. The van der Waals surface area contributed by atoms with E-state index in [1.807, 2.05) is 0 Å². The van der Waals surface area contributed by atoms with Gasteiger partial charge in [-0.3, -0.25) is 0 Å². The van der Waals surface area contributed by atoms with E-state index in [0.29, 0.717) is 24.0 Å². The molecule has 0 amide bonds. The Kier molecular flexibility index (Phi) is 4.21. The van der Waals surface area contributed by atoms with Crippen molar-refractivity contribution in [3.8, 4) is 6.07 Å². The van der Waals surface area contributed by atoms with E-state index in [4.69, 9.17) is 0 Å². The van der Waals surface area contributed by atoms with Gasteiger partial charge in [-0.2, -0.15) is 5.26 Å². The third-order valence-electron chi connectivity index (χ3n) is 4.25. The van der Waals surface area contributed by atoms with Gasteiger partial charge in [-0.1, -0.05) is 37.8 Å². The third-order valence-corrected chi connectivity index (χ3v) is 4.25. The van der Waals surface area contributed by atoms with Crippen LogP contribution in [0.2, 0.25) is 0 Å². The van der Waals surface area contributed by atoms with Crippen LogP contribution >= 0.6 is 0 Å². The van der Waals surface area contributed by atoms with Gasteiger partial charge >= 0.3 is 0 Å². The highest BCUT2D eigenvalue weighted by atomic mass is 19.1. The van der Waals surface area contributed by atoms with Gasteiger partial charge in [0.15, 0.2) is 0 Å². The first kappa shape index (κ1) is 14.0. The summed E-state index contributed by atoms with van der Waals surface area (Å²) in [6.45, 7) is 1.69. The zero-order valence-electron chi connectivity index (χ0n) is 11.3. The number of nitrogens with zero attached hydrogens (tertiary/aromatic N) is 1. The van der Waals surface area contributed by atoms with E-state index in [1.54, 1.807) is 19.1 Å². The largest absolute Gasteiger partial charge is 0.387 e. The lowest BCUT2D eigenvalue weighted by Gasteiger charge is -2.31. The first-order valence-corrected chi connectivity index (χ1v) is 6.94. The molecule has 0 bridgehead atoms. The molecule has 0 aliphatic heterocycles. The Morgan fingerprint density at radius 2 is 1.89 bits per heavy atom. The van der Waals surface area contributed by atoms with Gasteiger partial charge in [0, 0.05) is 0 Å². The number of benzene rings is 1. The van der Waals surface area contributed by atoms with E-state index >= 15 is 0 Å². The van der Waals surface area contributed by atoms with Crippen LogP contribution in [0.15, 0.2) is 18.2 Å². The molecule has 0 radical (unpaired) electrons. The summed E-state index contributed by atoms with van der Waals surface area (Å²) in [4.78, 5) is 0. The Labute approximate surface area is 113 Å². The smallest absolute Gasteiger partial charge is 0.126 e. The molecular formula is C16H20FNO. The van der Waals surface area contributed by atoms with Crippen molar-refractivity contribution < 1.29 is 9.50 Å². The molecule has 2 rings (SSSR count). The average molecular weight is 261 g/mol. The molecule has 1 fully saturated rings. The van der Waals surface area contributed by atoms with Crippen molar-refractivity contribution in [1.29, 1.82) is 5.26 Å². The zero-order valence-corrected chi connectivity index (χ0v) is 11.3. The van der Waals surface area contributed by atoms with Crippen molar-refractivity contribution in [2.45, 2.75) is 51.6 Å². The summed E-state index contributed by atoms with van der Waals surface area (Å²) in [6, 6.07) is 7.07. The highest BCUT2D eigenvalue weighted by Crippen LogP contribution is 2.44. The summed E-state index contributed by atoms with van der Waals surface area (Å²) in [5.41, 5.74) is 0.326. The summed E-state index contributed by atoms with van der Waals surface area (Å²) in [6.07, 6.45) is 4.63. The molecule has 19 heavy (non-hydrogen) atoms. The predicted octanol–water partition coefficient (Wildman–Crippen LogP) is 4.03. The van der Waals surface area contributed by atoms with E-state index in [2.05, 4.69) is 6.07 Å². The van der Waals surface area contributed by atoms with Crippen molar-refractivity contribution in [2.24, 2.45) is 5.41 Å². The molecule has 1 aliphatic carbocycles. The molecular weight excluding hydrogens is 241 g/mol. The molecule has 102 valence electrons. The average Bonchev–Trinajstić information content (AvgIpc) is 2.67. The molecule has 0 aromatic heterocycles. The van der Waals surface area contributed by atoms with Gasteiger partial charge < -0.3 is 5.11 Å². The normalized spacial score (nSPS) is 20.3. The van der Waals surface area contributed by atoms with Gasteiger partial charge in [0.2, 0.25) is 0 Å². The molecule has 1 aliphatic rings. The summed E-state index contributed by atoms with van der Waals surface area (Å²) >= 11 is 0. The number of halogens is 1. The van der Waals surface area contributed by atoms with Crippen molar-refractivity contribution in [3.05, 3.63) is 35.1 Å². The molecule has 3 heteroatoms. The van der Waals surface area contributed by atoms with E-state index in [0.717, 1.165) is 25.7 Å². The second kappa shape index (κ2) is 5.71. The zero-order chi connectivity index (χ0) is 13.9. The molecule has 2 nitrogen and oxygen atoms in total. The maximum atomic E-state index is 13.6. The quantitative estimate of drug-likeness (QED) is 0.817. The minimum Gasteiger partial charge on any atom is -0.387 e. The highest BCUT2D eigenvalue weighted by molar-refractivity contribution is 5.28. The van der Waals surface area contributed by atoms with Crippen LogP contribution in [0, 0.1) is 29.5 Å². The SMILES string of the molecule is Cc1ccc(C(O)C2(C#N)CCCCCC2)cc1F. The van der Waals surface area contributed by atoms with Crippen LogP contribution in [-0.4, -0.2) is 5.11 Å². The number of aryl methyl sites for hydroxylation is 1. The molecule has 0 spiro atoms. The molecule has 1 aromatic carbocycles. The summed E-state index contributed by atoms with van der Waals surface area (Å²) in [7, 11) is 0. The molecule has 1 saturated carbocycles. The van der Waals surface area contributed by atoms with Gasteiger partial charge in [0.1, 0.15) is 5.82 Å². The van der Waals surface area contributed by atoms with E-state index in [-0.39, 0.29) is 5.82 Å². The monoisotopic (exact) mass is 261 g/mol. The first-order chi connectivity index (χ1) is 9.09. The molecule has 1 N–H and O–H groups in total. The third kappa shape index (κ3) is 2.79. The Bertz CT molecular complexity index is 484. The van der Waals surface area contributed by atoms with Crippen LogP contribution < -0.4 is 0 Å². The molecule has 0 heterocycles. The number of nitriles is 1. The number of hydrogen-bond donors (Lipinski definition) is 1. The lowest BCUT2D eigenvalue weighted by molar-refractivity contribution is 0.0514. The molecule has 1 aromatic rings. The lowest BCUT2D eigenvalue weighted by Crippen LogP contribution is -2.27. The van der Waals surface area contributed by atoms with Gasteiger partial charge in [0.25, 0.3) is 0 Å². The maximum absolute atomic E-state index is 13.6. The molecule has 1 atom stereocenters. The van der Waals surface area contributed by atoms with Gasteiger partial charge in [-0.05, 0) is 37.0 Å². The predicted molar refractivity (Wildman–Crippen MR) is 71.8 cm³/mol. The fourth-order valence-corrected chi connectivity index (χ4v) is 2.90. The first-order valence-electron chi connectivity index (χ1n) is 6.94. The van der Waals surface area contributed by atoms with Crippen molar-refractivity contribution in [3.63, 3.8) is 0 Å². The summed E-state index contributed by atoms with van der Waals surface area (Å²) in [5.74, 6) is -0.321. The highest BCUT2D eigenvalue weighted by Gasteiger charge is 2.39. The topological polar surface area (TPSA) is 44.0 Å². The standard InChI is InChI=1S/C16H20FNO/c1-12-6-7-13(10-14(12)17)15(19)16(11-18)8-4-2-3-5-9-16/h6-7,10,15,19H,2-5,8-9H2,1H3. The van der Waals surface area contributed by atoms with Crippen LogP contribution in [0.3, 0.4) is 0 Å². The Morgan fingerprint density at radius 1 is 1.26 bits per heavy atom. The van der Waals surface area contributed by atoms with Crippen molar-refractivity contribution >= 4 is 0 Å².